The lowest BCUT2D eigenvalue weighted by Gasteiger charge is -2.26. The van der Waals surface area contributed by atoms with Crippen LogP contribution in [-0.2, 0) is 39.6 Å². The molecule has 1 aromatic rings. The summed E-state index contributed by atoms with van der Waals surface area (Å²) in [6, 6.07) is -1.82. The average Bonchev–Trinajstić information content (AvgIpc) is 3.43. The Morgan fingerprint density at radius 2 is 1.52 bits per heavy atom. The Labute approximate surface area is 276 Å². The van der Waals surface area contributed by atoms with Gasteiger partial charge in [0.05, 0.1) is 38.6 Å². The molecular weight excluding hydrogens is 613 g/mol. The molecule has 1 rings (SSSR count). The van der Waals surface area contributed by atoms with Crippen molar-refractivity contribution in [3.63, 3.8) is 0 Å². The fourth-order valence-corrected chi connectivity index (χ4v) is 6.01. The SMILES string of the molecule is CC.CCCCOC(=O)[C@H](C)NP(=O)(COCCn1cnc(C(=NC)OC(C)CCCC)c1/N=C/N)N[C@@H](C)C(=O)OCCCC. The van der Waals surface area contributed by atoms with Crippen LogP contribution in [0.25, 0.3) is 0 Å². The highest BCUT2D eigenvalue weighted by molar-refractivity contribution is 7.59. The molecule has 3 atom stereocenters. The minimum atomic E-state index is -3.64. The molecular formula is C31H60N7O7P. The van der Waals surface area contributed by atoms with Gasteiger partial charge < -0.3 is 29.2 Å². The van der Waals surface area contributed by atoms with Crippen molar-refractivity contribution in [3.05, 3.63) is 12.0 Å². The molecule has 1 unspecified atom stereocenters. The number of ether oxygens (including phenoxy) is 4. The summed E-state index contributed by atoms with van der Waals surface area (Å²) in [7, 11) is -2.02. The van der Waals surface area contributed by atoms with E-state index < -0.39 is 31.5 Å². The molecule has 0 amide bonds. The van der Waals surface area contributed by atoms with Crippen LogP contribution in [0.2, 0.25) is 0 Å². The number of hydrogen-bond donors (Lipinski definition) is 3. The van der Waals surface area contributed by atoms with Crippen molar-refractivity contribution in [2.45, 2.75) is 125 Å². The molecule has 0 saturated heterocycles. The molecule has 0 aromatic carbocycles. The van der Waals surface area contributed by atoms with E-state index >= 15 is 0 Å². The standard InChI is InChI=1S/C29H54N7O7P.C2H6/c1-8-11-14-22(4)43-27(31-7)25-26(32-19-30)36(20-33-25)15-18-40-21-44(39,34-23(5)28(37)41-16-12-9-2)35-24(6)29(38)42-17-13-10-3;1-2/h19-20,22-24H,8-18,21H2,1-7H3,(H2,30,32)(H2,34,35,39);1-2H3/t22?,23-,24-;/m0./s1. The van der Waals surface area contributed by atoms with Crippen LogP contribution in [0.4, 0.5) is 5.82 Å². The monoisotopic (exact) mass is 673 g/mol. The van der Waals surface area contributed by atoms with E-state index in [0.717, 1.165) is 51.3 Å². The topological polar surface area (TPSA) is 181 Å². The molecule has 0 spiro atoms. The summed E-state index contributed by atoms with van der Waals surface area (Å²) >= 11 is 0. The number of unbranched alkanes of at least 4 members (excludes halogenated alkanes) is 3. The largest absolute Gasteiger partial charge is 0.473 e. The molecule has 266 valence electrons. The van der Waals surface area contributed by atoms with Crippen molar-refractivity contribution in [3.8, 4) is 0 Å². The number of esters is 2. The molecule has 0 bridgehead atoms. The first-order valence-corrected chi connectivity index (χ1v) is 18.4. The summed E-state index contributed by atoms with van der Waals surface area (Å²) in [6.07, 6.45) is 8.53. The molecule has 0 radical (unpaired) electrons. The van der Waals surface area contributed by atoms with Crippen molar-refractivity contribution < 1.29 is 33.1 Å². The summed E-state index contributed by atoms with van der Waals surface area (Å²) in [6.45, 7) is 16.1. The van der Waals surface area contributed by atoms with Crippen LogP contribution < -0.4 is 15.9 Å². The fourth-order valence-electron chi connectivity index (χ4n) is 3.93. The third-order valence-electron chi connectivity index (χ3n) is 6.44. The van der Waals surface area contributed by atoms with Crippen LogP contribution in [0.15, 0.2) is 16.3 Å². The molecule has 0 aliphatic heterocycles. The van der Waals surface area contributed by atoms with Gasteiger partial charge in [0.25, 0.3) is 0 Å². The first kappa shape index (κ1) is 43.2. The van der Waals surface area contributed by atoms with Crippen LogP contribution in [0.3, 0.4) is 0 Å². The number of carbonyl (C=O) groups is 2. The highest BCUT2D eigenvalue weighted by Gasteiger charge is 2.32. The van der Waals surface area contributed by atoms with Gasteiger partial charge in [-0.05, 0) is 40.0 Å². The van der Waals surface area contributed by atoms with E-state index in [1.54, 1.807) is 31.8 Å². The Balaban J connectivity index is 0.00000991. The van der Waals surface area contributed by atoms with Crippen LogP contribution in [-0.4, -0.2) is 85.1 Å². The van der Waals surface area contributed by atoms with Gasteiger partial charge in [0.15, 0.2) is 11.5 Å². The lowest BCUT2D eigenvalue weighted by atomic mass is 10.2. The van der Waals surface area contributed by atoms with Crippen LogP contribution in [0, 0.1) is 0 Å². The molecule has 1 aromatic heterocycles. The normalized spacial score (nSPS) is 13.9. The van der Waals surface area contributed by atoms with Crippen molar-refractivity contribution in [1.82, 2.24) is 19.7 Å². The number of nitrogens with two attached hydrogens (primary N) is 1. The molecule has 14 nitrogen and oxygen atoms in total. The molecule has 0 aliphatic carbocycles. The Morgan fingerprint density at radius 1 is 0.978 bits per heavy atom. The number of imidazole rings is 1. The third-order valence-corrected chi connectivity index (χ3v) is 8.59. The van der Waals surface area contributed by atoms with Gasteiger partial charge in [-0.3, -0.25) is 19.1 Å². The third kappa shape index (κ3) is 16.7. The number of nitrogens with zero attached hydrogens (tertiary/aromatic N) is 4. The lowest BCUT2D eigenvalue weighted by molar-refractivity contribution is -0.145. The van der Waals surface area contributed by atoms with Gasteiger partial charge >= 0.3 is 11.9 Å². The van der Waals surface area contributed by atoms with Gasteiger partial charge in [0.1, 0.15) is 18.4 Å². The number of carbonyl (C=O) groups excluding carboxylic acids is 2. The summed E-state index contributed by atoms with van der Waals surface area (Å²) in [5.74, 6) is -0.306. The first-order valence-electron chi connectivity index (χ1n) is 16.5. The summed E-state index contributed by atoms with van der Waals surface area (Å²) < 4.78 is 38.0. The lowest BCUT2D eigenvalue weighted by Crippen LogP contribution is -2.43. The number of aliphatic imine (C=N–C) groups is 2. The van der Waals surface area contributed by atoms with Gasteiger partial charge in [-0.2, -0.15) is 0 Å². The number of hydrogen-bond acceptors (Lipinski definition) is 10. The van der Waals surface area contributed by atoms with Gasteiger partial charge in [-0.25, -0.2) is 20.2 Å². The van der Waals surface area contributed by atoms with Crippen LogP contribution in [0.5, 0.6) is 0 Å². The van der Waals surface area contributed by atoms with E-state index in [1.807, 2.05) is 34.6 Å². The van der Waals surface area contributed by atoms with E-state index in [4.69, 9.17) is 24.7 Å². The Hall–Kier alpha value is -2.80. The van der Waals surface area contributed by atoms with E-state index in [-0.39, 0.29) is 38.8 Å². The van der Waals surface area contributed by atoms with E-state index in [0.29, 0.717) is 17.4 Å². The zero-order chi connectivity index (χ0) is 35.0. The Kier molecular flexibility index (Phi) is 23.8. The second-order valence-electron chi connectivity index (χ2n) is 10.5. The minimum Gasteiger partial charge on any atom is -0.473 e. The van der Waals surface area contributed by atoms with Crippen LogP contribution in [0.1, 0.15) is 106 Å². The Morgan fingerprint density at radius 3 is 2.00 bits per heavy atom. The van der Waals surface area contributed by atoms with E-state index in [9.17, 15) is 14.2 Å². The summed E-state index contributed by atoms with van der Waals surface area (Å²) in [5, 5.41) is 5.62. The fraction of sp³-hybridized carbons (Fsp3) is 0.774. The minimum absolute atomic E-state index is 0.0522. The van der Waals surface area contributed by atoms with Crippen molar-refractivity contribution >= 4 is 37.4 Å². The first-order chi connectivity index (χ1) is 22.0. The maximum atomic E-state index is 13.9. The van der Waals surface area contributed by atoms with E-state index in [2.05, 4.69) is 32.1 Å². The maximum Gasteiger partial charge on any atom is 0.323 e. The molecule has 46 heavy (non-hydrogen) atoms. The predicted octanol–water partition coefficient (Wildman–Crippen LogP) is 5.31. The van der Waals surface area contributed by atoms with Crippen LogP contribution >= 0.6 is 7.44 Å². The number of nitrogens with one attached hydrogen (secondary N) is 2. The molecule has 15 heteroatoms. The van der Waals surface area contributed by atoms with Crippen molar-refractivity contribution in [1.29, 1.82) is 0 Å². The van der Waals surface area contributed by atoms with Crippen molar-refractivity contribution in [2.24, 2.45) is 15.7 Å². The van der Waals surface area contributed by atoms with E-state index in [1.165, 1.54) is 0 Å². The second-order valence-corrected chi connectivity index (χ2v) is 12.8. The quantitative estimate of drug-likeness (QED) is 0.0450. The summed E-state index contributed by atoms with van der Waals surface area (Å²) in [4.78, 5) is 37.9. The van der Waals surface area contributed by atoms with Crippen molar-refractivity contribution in [2.75, 3.05) is 33.2 Å². The Bertz CT molecular complexity index is 1060. The maximum absolute atomic E-state index is 13.9. The molecule has 0 saturated carbocycles. The zero-order valence-electron chi connectivity index (χ0n) is 29.5. The highest BCUT2D eigenvalue weighted by Crippen LogP contribution is 2.37. The highest BCUT2D eigenvalue weighted by atomic mass is 31.2. The predicted molar refractivity (Wildman–Crippen MR) is 184 cm³/mol. The molecule has 1 heterocycles. The van der Waals surface area contributed by atoms with Gasteiger partial charge in [0, 0.05) is 13.6 Å². The number of aromatic nitrogens is 2. The van der Waals surface area contributed by atoms with Gasteiger partial charge in [0.2, 0.25) is 13.3 Å². The average molecular weight is 674 g/mol. The summed E-state index contributed by atoms with van der Waals surface area (Å²) in [5.41, 5.74) is 6.06. The number of rotatable bonds is 23. The van der Waals surface area contributed by atoms with Gasteiger partial charge in [-0.15, -0.1) is 0 Å². The second kappa shape index (κ2) is 25.3. The van der Waals surface area contributed by atoms with Gasteiger partial charge in [-0.1, -0.05) is 60.3 Å². The molecule has 0 fully saturated rings. The molecule has 4 N–H and O–H groups in total. The zero-order valence-corrected chi connectivity index (χ0v) is 30.4. The molecule has 0 aliphatic rings. The smallest absolute Gasteiger partial charge is 0.323 e.